The third kappa shape index (κ3) is 3.55. The molecule has 1 heterocycles. The molecule has 0 bridgehead atoms. The average Bonchev–Trinajstić information content (AvgIpc) is 3.24. The van der Waals surface area contributed by atoms with Crippen molar-refractivity contribution < 1.29 is 19.4 Å². The van der Waals surface area contributed by atoms with E-state index < -0.39 is 11.9 Å². The molecule has 1 aliphatic heterocycles. The van der Waals surface area contributed by atoms with Gasteiger partial charge in [-0.15, -0.1) is 0 Å². The molecule has 0 spiro atoms. The fraction of sp³-hybridized carbons (Fsp3) is 0.579. The van der Waals surface area contributed by atoms with Gasteiger partial charge in [-0.2, -0.15) is 0 Å². The van der Waals surface area contributed by atoms with Crippen LogP contribution in [0.1, 0.15) is 43.6 Å². The predicted molar refractivity (Wildman–Crippen MR) is 90.0 cm³/mol. The first-order valence-corrected chi connectivity index (χ1v) is 8.73. The molecule has 1 aromatic rings. The first-order valence-electron chi connectivity index (χ1n) is 8.73. The van der Waals surface area contributed by atoms with E-state index in [4.69, 9.17) is 4.74 Å². The van der Waals surface area contributed by atoms with E-state index >= 15 is 0 Å². The molecule has 24 heavy (non-hydrogen) atoms. The summed E-state index contributed by atoms with van der Waals surface area (Å²) < 4.78 is 5.25. The Morgan fingerprint density at radius 3 is 2.67 bits per heavy atom. The number of likely N-dealkylation sites (tertiary alicyclic amines) is 1. The van der Waals surface area contributed by atoms with E-state index in [-0.39, 0.29) is 11.8 Å². The fourth-order valence-electron chi connectivity index (χ4n) is 4.06. The lowest BCUT2D eigenvalue weighted by Crippen LogP contribution is -2.31. The van der Waals surface area contributed by atoms with E-state index in [1.54, 1.807) is 12.0 Å². The molecule has 3 rings (SSSR count). The molecule has 130 valence electrons. The molecule has 5 nitrogen and oxygen atoms in total. The van der Waals surface area contributed by atoms with Gasteiger partial charge in [0, 0.05) is 25.4 Å². The summed E-state index contributed by atoms with van der Waals surface area (Å²) >= 11 is 0. The monoisotopic (exact) mass is 331 g/mol. The second kappa shape index (κ2) is 7.24. The minimum Gasteiger partial charge on any atom is -0.497 e. The Balaban J connectivity index is 1.73. The number of nitrogens with zero attached hydrogens (tertiary/aromatic N) is 1. The quantitative estimate of drug-likeness (QED) is 0.901. The summed E-state index contributed by atoms with van der Waals surface area (Å²) in [6, 6.07) is 7.52. The van der Waals surface area contributed by atoms with Crippen LogP contribution in [0.5, 0.6) is 5.75 Å². The number of ether oxygens (including phenoxy) is 1. The molecular formula is C19H25NO4. The van der Waals surface area contributed by atoms with E-state index in [9.17, 15) is 14.7 Å². The Labute approximate surface area is 142 Å². The van der Waals surface area contributed by atoms with Crippen LogP contribution in [0.15, 0.2) is 24.3 Å². The molecular weight excluding hydrogens is 306 g/mol. The summed E-state index contributed by atoms with van der Waals surface area (Å²) in [5, 5.41) is 9.59. The summed E-state index contributed by atoms with van der Waals surface area (Å²) in [5.41, 5.74) is 0.929. The van der Waals surface area contributed by atoms with Crippen molar-refractivity contribution in [1.29, 1.82) is 0 Å². The lowest BCUT2D eigenvalue weighted by molar-refractivity contribution is -0.141. The van der Waals surface area contributed by atoms with Gasteiger partial charge in [0.05, 0.1) is 13.0 Å². The molecule has 1 aromatic carbocycles. The third-order valence-corrected chi connectivity index (χ3v) is 5.45. The van der Waals surface area contributed by atoms with Gasteiger partial charge in [0.25, 0.3) is 0 Å². The highest BCUT2D eigenvalue weighted by molar-refractivity contribution is 5.80. The summed E-state index contributed by atoms with van der Waals surface area (Å²) in [6.45, 7) is 0.790. The average molecular weight is 331 g/mol. The van der Waals surface area contributed by atoms with Gasteiger partial charge in [-0.3, -0.25) is 9.59 Å². The van der Waals surface area contributed by atoms with Gasteiger partial charge >= 0.3 is 5.97 Å². The van der Waals surface area contributed by atoms with Crippen LogP contribution in [0, 0.1) is 11.8 Å². The zero-order chi connectivity index (χ0) is 17.1. The van der Waals surface area contributed by atoms with Gasteiger partial charge < -0.3 is 14.7 Å². The van der Waals surface area contributed by atoms with Crippen LogP contribution >= 0.6 is 0 Å². The second-order valence-electron chi connectivity index (χ2n) is 6.98. The van der Waals surface area contributed by atoms with Gasteiger partial charge in [-0.05, 0) is 36.5 Å². The number of aliphatic carboxylic acids is 1. The maximum atomic E-state index is 12.6. The van der Waals surface area contributed by atoms with Crippen LogP contribution in [0.3, 0.4) is 0 Å². The highest BCUT2D eigenvalue weighted by Crippen LogP contribution is 2.36. The molecule has 1 N–H and O–H groups in total. The number of carboxylic acids is 1. The van der Waals surface area contributed by atoms with E-state index in [0.717, 1.165) is 18.4 Å². The Kier molecular flexibility index (Phi) is 5.07. The Hall–Kier alpha value is -2.04. The SMILES string of the molecule is COc1cccc(C2CN(C(=O)CC3CCCC3)CC2C(=O)O)c1. The van der Waals surface area contributed by atoms with Crippen molar-refractivity contribution in [2.24, 2.45) is 11.8 Å². The maximum Gasteiger partial charge on any atom is 0.308 e. The fourth-order valence-corrected chi connectivity index (χ4v) is 4.06. The van der Waals surface area contributed by atoms with Crippen molar-refractivity contribution in [1.82, 2.24) is 4.90 Å². The number of carbonyl (C=O) groups is 2. The number of hydrogen-bond acceptors (Lipinski definition) is 3. The van der Waals surface area contributed by atoms with Gasteiger partial charge in [0.15, 0.2) is 0 Å². The smallest absolute Gasteiger partial charge is 0.308 e. The number of hydrogen-bond donors (Lipinski definition) is 1. The normalized spacial score (nSPS) is 24.3. The van der Waals surface area contributed by atoms with Crippen molar-refractivity contribution >= 4 is 11.9 Å². The molecule has 2 fully saturated rings. The van der Waals surface area contributed by atoms with Crippen LogP contribution < -0.4 is 4.74 Å². The minimum atomic E-state index is -0.834. The van der Waals surface area contributed by atoms with Crippen LogP contribution in [0.25, 0.3) is 0 Å². The molecule has 2 atom stereocenters. The molecule has 1 saturated carbocycles. The molecule has 1 aliphatic carbocycles. The van der Waals surface area contributed by atoms with E-state index in [1.165, 1.54) is 12.8 Å². The summed E-state index contributed by atoms with van der Waals surface area (Å²) in [5.74, 6) is -0.253. The topological polar surface area (TPSA) is 66.8 Å². The summed E-state index contributed by atoms with van der Waals surface area (Å²) in [7, 11) is 1.60. The molecule has 1 saturated heterocycles. The van der Waals surface area contributed by atoms with Crippen molar-refractivity contribution in [2.75, 3.05) is 20.2 Å². The van der Waals surface area contributed by atoms with Crippen LogP contribution in [0.4, 0.5) is 0 Å². The first-order chi connectivity index (χ1) is 11.6. The van der Waals surface area contributed by atoms with Crippen molar-refractivity contribution in [3.05, 3.63) is 29.8 Å². The number of rotatable bonds is 5. The summed E-state index contributed by atoms with van der Waals surface area (Å²) in [4.78, 5) is 26.0. The molecule has 0 aromatic heterocycles. The zero-order valence-corrected chi connectivity index (χ0v) is 14.1. The van der Waals surface area contributed by atoms with Crippen molar-refractivity contribution in [2.45, 2.75) is 38.0 Å². The van der Waals surface area contributed by atoms with Gasteiger partial charge in [0.2, 0.25) is 5.91 Å². The highest BCUT2D eigenvalue weighted by Gasteiger charge is 2.40. The number of amides is 1. The van der Waals surface area contributed by atoms with E-state index in [2.05, 4.69) is 0 Å². The zero-order valence-electron chi connectivity index (χ0n) is 14.1. The lowest BCUT2D eigenvalue weighted by Gasteiger charge is -2.19. The van der Waals surface area contributed by atoms with E-state index in [0.29, 0.717) is 31.2 Å². The number of benzene rings is 1. The summed E-state index contributed by atoms with van der Waals surface area (Å²) in [6.07, 6.45) is 5.24. The second-order valence-corrected chi connectivity index (χ2v) is 6.98. The molecule has 5 heteroatoms. The standard InChI is InChI=1S/C19H25NO4/c1-24-15-8-4-7-14(10-15)16-11-20(12-17(16)19(22)23)18(21)9-13-5-2-3-6-13/h4,7-8,10,13,16-17H,2-3,5-6,9,11-12H2,1H3,(H,22,23). The van der Waals surface area contributed by atoms with Gasteiger partial charge in [-0.25, -0.2) is 0 Å². The van der Waals surface area contributed by atoms with Crippen molar-refractivity contribution in [3.8, 4) is 5.75 Å². The van der Waals surface area contributed by atoms with Crippen molar-refractivity contribution in [3.63, 3.8) is 0 Å². The van der Waals surface area contributed by atoms with Crippen LogP contribution in [-0.2, 0) is 9.59 Å². The molecule has 2 unspecified atom stereocenters. The molecule has 1 amide bonds. The number of carboxylic acid groups (broad SMARTS) is 1. The Morgan fingerprint density at radius 1 is 1.25 bits per heavy atom. The third-order valence-electron chi connectivity index (χ3n) is 5.45. The van der Waals surface area contributed by atoms with Gasteiger partial charge in [0.1, 0.15) is 5.75 Å². The molecule has 2 aliphatic rings. The number of carbonyl (C=O) groups excluding carboxylic acids is 1. The van der Waals surface area contributed by atoms with E-state index in [1.807, 2.05) is 24.3 Å². The van der Waals surface area contributed by atoms with Crippen LogP contribution in [0.2, 0.25) is 0 Å². The van der Waals surface area contributed by atoms with Gasteiger partial charge in [-0.1, -0.05) is 25.0 Å². The Morgan fingerprint density at radius 2 is 2.00 bits per heavy atom. The Bertz CT molecular complexity index is 609. The number of methoxy groups -OCH3 is 1. The molecule has 0 radical (unpaired) electrons. The highest BCUT2D eigenvalue weighted by atomic mass is 16.5. The predicted octanol–water partition coefficient (Wildman–Crippen LogP) is 2.90. The first kappa shape index (κ1) is 16.8. The minimum absolute atomic E-state index is 0.110. The van der Waals surface area contributed by atoms with Crippen LogP contribution in [-0.4, -0.2) is 42.1 Å². The maximum absolute atomic E-state index is 12.6. The largest absolute Gasteiger partial charge is 0.497 e. The lowest BCUT2D eigenvalue weighted by atomic mass is 9.89.